The van der Waals surface area contributed by atoms with Crippen LogP contribution in [0.1, 0.15) is 18.9 Å². The number of rotatable bonds is 2. The number of hydrogen-bond acceptors (Lipinski definition) is 4. The Hall–Kier alpha value is -2.15. The Morgan fingerprint density at radius 2 is 2.30 bits per heavy atom. The number of carbonyl (C=O) groups is 2. The number of amides is 3. The van der Waals surface area contributed by atoms with Crippen LogP contribution in [-0.4, -0.2) is 30.1 Å². The molecule has 2 N–H and O–H groups in total. The standard InChI is InChI=1S/C13H14FN3O3/c1-2-15-17-11(18)13(16-12(17)19)5-6-20-10-4-3-8(14)7-9(10)13/h3-4,7,15H,2,5-6H2,1H3,(H,16,19). The maximum atomic E-state index is 13.5. The Labute approximate surface area is 114 Å². The van der Waals surface area contributed by atoms with Crippen molar-refractivity contribution in [3.05, 3.63) is 29.6 Å². The molecule has 1 aromatic rings. The van der Waals surface area contributed by atoms with Gasteiger partial charge in [0.15, 0.2) is 5.54 Å². The van der Waals surface area contributed by atoms with E-state index >= 15 is 0 Å². The minimum absolute atomic E-state index is 0.274. The SMILES string of the molecule is CCNN1C(=O)NC2(CCOc3ccc(F)cc32)C1=O. The van der Waals surface area contributed by atoms with E-state index in [0.29, 0.717) is 17.9 Å². The summed E-state index contributed by atoms with van der Waals surface area (Å²) in [7, 11) is 0. The van der Waals surface area contributed by atoms with Crippen LogP contribution in [0.15, 0.2) is 18.2 Å². The molecule has 0 aromatic heterocycles. The van der Waals surface area contributed by atoms with Gasteiger partial charge in [-0.2, -0.15) is 5.01 Å². The number of hydrogen-bond donors (Lipinski definition) is 2. The minimum Gasteiger partial charge on any atom is -0.493 e. The van der Waals surface area contributed by atoms with Gasteiger partial charge in [-0.1, -0.05) is 6.92 Å². The number of urea groups is 1. The molecular weight excluding hydrogens is 265 g/mol. The first-order chi connectivity index (χ1) is 9.58. The van der Waals surface area contributed by atoms with E-state index in [2.05, 4.69) is 10.7 Å². The van der Waals surface area contributed by atoms with Crippen LogP contribution in [0.2, 0.25) is 0 Å². The van der Waals surface area contributed by atoms with Gasteiger partial charge >= 0.3 is 6.03 Å². The molecule has 1 spiro atoms. The van der Waals surface area contributed by atoms with Gasteiger partial charge < -0.3 is 10.1 Å². The smallest absolute Gasteiger partial charge is 0.340 e. The van der Waals surface area contributed by atoms with Crippen molar-refractivity contribution in [2.45, 2.75) is 18.9 Å². The van der Waals surface area contributed by atoms with Gasteiger partial charge in [-0.15, -0.1) is 0 Å². The third-order valence-corrected chi connectivity index (χ3v) is 3.54. The van der Waals surface area contributed by atoms with Crippen LogP contribution in [0.5, 0.6) is 5.75 Å². The summed E-state index contributed by atoms with van der Waals surface area (Å²) < 4.78 is 18.9. The largest absolute Gasteiger partial charge is 0.493 e. The molecule has 106 valence electrons. The summed E-state index contributed by atoms with van der Waals surface area (Å²) in [5.41, 5.74) is 1.82. The number of nitrogens with zero attached hydrogens (tertiary/aromatic N) is 1. The van der Waals surface area contributed by atoms with E-state index in [9.17, 15) is 14.0 Å². The number of imide groups is 1. The summed E-state index contributed by atoms with van der Waals surface area (Å²) in [6.45, 7) is 2.50. The molecule has 3 amide bonds. The Morgan fingerprint density at radius 1 is 1.50 bits per heavy atom. The Balaban J connectivity index is 2.09. The van der Waals surface area contributed by atoms with Crippen molar-refractivity contribution in [3.63, 3.8) is 0 Å². The molecular formula is C13H14FN3O3. The van der Waals surface area contributed by atoms with Gasteiger partial charge in [0.05, 0.1) is 6.61 Å². The van der Waals surface area contributed by atoms with Gasteiger partial charge in [0.25, 0.3) is 5.91 Å². The van der Waals surface area contributed by atoms with Crippen molar-refractivity contribution in [2.24, 2.45) is 0 Å². The number of hydrazine groups is 1. The molecule has 2 heterocycles. The normalized spacial score (nSPS) is 24.6. The predicted octanol–water partition coefficient (Wildman–Crippen LogP) is 0.880. The minimum atomic E-state index is -1.24. The van der Waals surface area contributed by atoms with Crippen LogP contribution in [-0.2, 0) is 10.3 Å². The van der Waals surface area contributed by atoms with Crippen LogP contribution in [0.3, 0.4) is 0 Å². The second kappa shape index (κ2) is 4.45. The molecule has 0 radical (unpaired) electrons. The first-order valence-corrected chi connectivity index (χ1v) is 6.41. The molecule has 7 heteroatoms. The average molecular weight is 279 g/mol. The van der Waals surface area contributed by atoms with Crippen LogP contribution in [0, 0.1) is 5.82 Å². The fraction of sp³-hybridized carbons (Fsp3) is 0.385. The molecule has 2 aliphatic rings. The summed E-state index contributed by atoms with van der Waals surface area (Å²) in [5, 5.41) is 3.61. The van der Waals surface area contributed by atoms with Crippen LogP contribution in [0.25, 0.3) is 0 Å². The van der Waals surface area contributed by atoms with E-state index in [1.54, 1.807) is 6.92 Å². The molecule has 0 bridgehead atoms. The Kier molecular flexibility index (Phi) is 2.86. The van der Waals surface area contributed by atoms with Gasteiger partial charge in [-0.05, 0) is 18.2 Å². The highest BCUT2D eigenvalue weighted by molar-refractivity contribution is 6.07. The summed E-state index contributed by atoms with van der Waals surface area (Å²) in [6, 6.07) is 3.44. The van der Waals surface area contributed by atoms with E-state index in [1.165, 1.54) is 18.2 Å². The zero-order valence-corrected chi connectivity index (χ0v) is 10.9. The zero-order valence-electron chi connectivity index (χ0n) is 10.9. The number of nitrogens with one attached hydrogen (secondary N) is 2. The van der Waals surface area contributed by atoms with E-state index in [4.69, 9.17) is 4.74 Å². The molecule has 1 atom stereocenters. The van der Waals surface area contributed by atoms with Crippen molar-refractivity contribution < 1.29 is 18.7 Å². The molecule has 1 fully saturated rings. The van der Waals surface area contributed by atoms with Crippen molar-refractivity contribution in [1.29, 1.82) is 0 Å². The van der Waals surface area contributed by atoms with Gasteiger partial charge in [-0.3, -0.25) is 4.79 Å². The second-order valence-corrected chi connectivity index (χ2v) is 4.73. The predicted molar refractivity (Wildman–Crippen MR) is 67.2 cm³/mol. The van der Waals surface area contributed by atoms with Crippen molar-refractivity contribution >= 4 is 11.9 Å². The average Bonchev–Trinajstić information content (AvgIpc) is 2.66. The quantitative estimate of drug-likeness (QED) is 0.788. The van der Waals surface area contributed by atoms with Crippen molar-refractivity contribution in [3.8, 4) is 5.75 Å². The molecule has 2 aliphatic heterocycles. The first kappa shape index (κ1) is 12.9. The van der Waals surface area contributed by atoms with Crippen molar-refractivity contribution in [1.82, 2.24) is 15.8 Å². The molecule has 3 rings (SSSR count). The summed E-state index contributed by atoms with van der Waals surface area (Å²) in [5.74, 6) is -0.485. The number of ether oxygens (including phenoxy) is 1. The topological polar surface area (TPSA) is 70.7 Å². The fourth-order valence-electron chi connectivity index (χ4n) is 2.64. The summed E-state index contributed by atoms with van der Waals surface area (Å²) in [4.78, 5) is 24.5. The third kappa shape index (κ3) is 1.66. The lowest BCUT2D eigenvalue weighted by Gasteiger charge is -2.33. The zero-order chi connectivity index (χ0) is 14.3. The van der Waals surface area contributed by atoms with Crippen LogP contribution < -0.4 is 15.5 Å². The maximum absolute atomic E-state index is 13.5. The number of carbonyl (C=O) groups excluding carboxylic acids is 2. The molecule has 1 aromatic carbocycles. The third-order valence-electron chi connectivity index (χ3n) is 3.54. The fourth-order valence-corrected chi connectivity index (χ4v) is 2.64. The number of fused-ring (bicyclic) bond motifs is 2. The second-order valence-electron chi connectivity index (χ2n) is 4.73. The highest BCUT2D eigenvalue weighted by atomic mass is 19.1. The monoisotopic (exact) mass is 279 g/mol. The Morgan fingerprint density at radius 3 is 3.05 bits per heavy atom. The van der Waals surface area contributed by atoms with Crippen LogP contribution >= 0.6 is 0 Å². The molecule has 1 unspecified atom stereocenters. The van der Waals surface area contributed by atoms with E-state index in [0.717, 1.165) is 5.01 Å². The van der Waals surface area contributed by atoms with Gasteiger partial charge in [0.1, 0.15) is 11.6 Å². The van der Waals surface area contributed by atoms with Gasteiger partial charge in [0.2, 0.25) is 0 Å². The first-order valence-electron chi connectivity index (χ1n) is 6.41. The van der Waals surface area contributed by atoms with E-state index in [1.807, 2.05) is 0 Å². The van der Waals surface area contributed by atoms with Crippen LogP contribution in [0.4, 0.5) is 9.18 Å². The summed E-state index contributed by atoms with van der Waals surface area (Å²) in [6.07, 6.45) is 0.274. The maximum Gasteiger partial charge on any atom is 0.340 e. The molecule has 6 nitrogen and oxygen atoms in total. The highest BCUT2D eigenvalue weighted by Gasteiger charge is 2.55. The van der Waals surface area contributed by atoms with Crippen molar-refractivity contribution in [2.75, 3.05) is 13.2 Å². The molecule has 0 aliphatic carbocycles. The van der Waals surface area contributed by atoms with E-state index in [-0.39, 0.29) is 13.0 Å². The number of halogens is 1. The lowest BCUT2D eigenvalue weighted by molar-refractivity contribution is -0.134. The highest BCUT2D eigenvalue weighted by Crippen LogP contribution is 2.40. The molecule has 0 saturated carbocycles. The van der Waals surface area contributed by atoms with E-state index < -0.39 is 23.3 Å². The lowest BCUT2D eigenvalue weighted by Crippen LogP contribution is -2.49. The molecule has 20 heavy (non-hydrogen) atoms. The van der Waals surface area contributed by atoms with Gasteiger partial charge in [-0.25, -0.2) is 14.6 Å². The molecule has 1 saturated heterocycles. The van der Waals surface area contributed by atoms with Gasteiger partial charge in [0, 0.05) is 18.5 Å². The summed E-state index contributed by atoms with van der Waals surface area (Å²) >= 11 is 0. The number of benzene rings is 1. The Bertz CT molecular complexity index is 592. The lowest BCUT2D eigenvalue weighted by atomic mass is 9.84.